The Bertz CT molecular complexity index is 551. The SMILES string of the molecule is Cc1cc(C)c(NC(=O)c2csnn2)cc1N. The Morgan fingerprint density at radius 2 is 2.12 bits per heavy atom. The lowest BCUT2D eigenvalue weighted by Gasteiger charge is -2.10. The van der Waals surface area contributed by atoms with Crippen molar-refractivity contribution in [3.8, 4) is 0 Å². The Morgan fingerprint density at radius 1 is 1.35 bits per heavy atom. The summed E-state index contributed by atoms with van der Waals surface area (Å²) >= 11 is 1.14. The highest BCUT2D eigenvalue weighted by atomic mass is 32.1. The number of carbonyl (C=O) groups excluding carboxylic acids is 1. The Labute approximate surface area is 103 Å². The molecular formula is C11H12N4OS. The minimum absolute atomic E-state index is 0.273. The summed E-state index contributed by atoms with van der Waals surface area (Å²) in [5, 5.41) is 8.07. The number of amides is 1. The lowest BCUT2D eigenvalue weighted by molar-refractivity contribution is 0.102. The number of nitrogens with one attached hydrogen (secondary N) is 1. The predicted molar refractivity (Wildman–Crippen MR) is 68.2 cm³/mol. The zero-order valence-corrected chi connectivity index (χ0v) is 10.3. The van der Waals surface area contributed by atoms with Crippen LogP contribution >= 0.6 is 11.5 Å². The van der Waals surface area contributed by atoms with Gasteiger partial charge in [0, 0.05) is 16.8 Å². The topological polar surface area (TPSA) is 80.9 Å². The molecule has 0 radical (unpaired) electrons. The van der Waals surface area contributed by atoms with Crippen LogP contribution in [0.2, 0.25) is 0 Å². The first kappa shape index (κ1) is 11.5. The number of hydrogen-bond donors (Lipinski definition) is 2. The van der Waals surface area contributed by atoms with Crippen molar-refractivity contribution in [3.63, 3.8) is 0 Å². The van der Waals surface area contributed by atoms with Crippen LogP contribution in [-0.2, 0) is 0 Å². The molecule has 1 heterocycles. The lowest BCUT2D eigenvalue weighted by Crippen LogP contribution is -2.13. The molecule has 0 saturated carbocycles. The monoisotopic (exact) mass is 248 g/mol. The van der Waals surface area contributed by atoms with Gasteiger partial charge in [-0.2, -0.15) is 0 Å². The summed E-state index contributed by atoms with van der Waals surface area (Å²) in [5.74, 6) is -0.273. The van der Waals surface area contributed by atoms with E-state index in [2.05, 4.69) is 14.9 Å². The zero-order valence-electron chi connectivity index (χ0n) is 9.52. The molecule has 1 aromatic carbocycles. The number of aryl methyl sites for hydroxylation is 2. The maximum atomic E-state index is 11.8. The zero-order chi connectivity index (χ0) is 12.4. The van der Waals surface area contributed by atoms with E-state index in [4.69, 9.17) is 5.73 Å². The van der Waals surface area contributed by atoms with Crippen LogP contribution in [0.5, 0.6) is 0 Å². The number of benzene rings is 1. The van der Waals surface area contributed by atoms with Crippen molar-refractivity contribution < 1.29 is 4.79 Å². The molecule has 0 spiro atoms. The maximum Gasteiger partial charge on any atom is 0.277 e. The van der Waals surface area contributed by atoms with Crippen molar-refractivity contribution in [2.45, 2.75) is 13.8 Å². The molecule has 0 aliphatic heterocycles. The number of aromatic nitrogens is 2. The third-order valence-corrected chi connectivity index (χ3v) is 2.96. The van der Waals surface area contributed by atoms with Gasteiger partial charge in [-0.1, -0.05) is 10.6 Å². The molecule has 1 aromatic heterocycles. The molecule has 17 heavy (non-hydrogen) atoms. The second-order valence-corrected chi connectivity index (χ2v) is 4.38. The third kappa shape index (κ3) is 2.42. The average molecular weight is 248 g/mol. The van der Waals surface area contributed by atoms with Crippen LogP contribution < -0.4 is 11.1 Å². The molecule has 0 unspecified atom stereocenters. The van der Waals surface area contributed by atoms with Gasteiger partial charge in [-0.05, 0) is 42.6 Å². The van der Waals surface area contributed by atoms with E-state index < -0.39 is 0 Å². The number of nitrogens with two attached hydrogens (primary N) is 1. The molecule has 6 heteroatoms. The second kappa shape index (κ2) is 4.50. The highest BCUT2D eigenvalue weighted by Gasteiger charge is 2.11. The largest absolute Gasteiger partial charge is 0.398 e. The smallest absolute Gasteiger partial charge is 0.277 e. The second-order valence-electron chi connectivity index (χ2n) is 3.77. The maximum absolute atomic E-state index is 11.8. The summed E-state index contributed by atoms with van der Waals surface area (Å²) < 4.78 is 3.65. The first-order valence-electron chi connectivity index (χ1n) is 5.03. The average Bonchev–Trinajstić information content (AvgIpc) is 2.79. The quantitative estimate of drug-likeness (QED) is 0.796. The standard InChI is InChI=1S/C11H12N4OS/c1-6-3-7(2)9(4-8(6)12)13-11(16)10-5-17-15-14-10/h3-5H,12H2,1-2H3,(H,13,16). The number of rotatable bonds is 2. The van der Waals surface area contributed by atoms with Crippen molar-refractivity contribution >= 4 is 28.8 Å². The number of anilines is 2. The molecule has 5 nitrogen and oxygen atoms in total. The summed E-state index contributed by atoms with van der Waals surface area (Å²) in [6.45, 7) is 3.85. The summed E-state index contributed by atoms with van der Waals surface area (Å²) in [7, 11) is 0. The van der Waals surface area contributed by atoms with Crippen LogP contribution in [0.4, 0.5) is 11.4 Å². The number of hydrogen-bond acceptors (Lipinski definition) is 5. The minimum Gasteiger partial charge on any atom is -0.398 e. The van der Waals surface area contributed by atoms with Gasteiger partial charge in [0.25, 0.3) is 5.91 Å². The number of nitrogen functional groups attached to an aromatic ring is 1. The Hall–Kier alpha value is -1.95. The van der Waals surface area contributed by atoms with Gasteiger partial charge < -0.3 is 11.1 Å². The van der Waals surface area contributed by atoms with E-state index in [0.29, 0.717) is 17.1 Å². The van der Waals surface area contributed by atoms with Crippen molar-refractivity contribution in [3.05, 3.63) is 34.3 Å². The number of carbonyl (C=O) groups is 1. The van der Waals surface area contributed by atoms with Crippen LogP contribution in [0, 0.1) is 13.8 Å². The number of nitrogens with zero attached hydrogens (tertiary/aromatic N) is 2. The van der Waals surface area contributed by atoms with Crippen LogP contribution in [0.1, 0.15) is 21.6 Å². The third-order valence-electron chi connectivity index (χ3n) is 2.45. The fraction of sp³-hybridized carbons (Fsp3) is 0.182. The fourth-order valence-electron chi connectivity index (χ4n) is 1.45. The summed E-state index contributed by atoms with van der Waals surface area (Å²) in [5.41, 5.74) is 9.44. The van der Waals surface area contributed by atoms with Gasteiger partial charge in [-0.25, -0.2) is 0 Å². The van der Waals surface area contributed by atoms with Crippen molar-refractivity contribution in [2.75, 3.05) is 11.1 Å². The van der Waals surface area contributed by atoms with Crippen molar-refractivity contribution in [1.29, 1.82) is 0 Å². The molecule has 0 bridgehead atoms. The van der Waals surface area contributed by atoms with E-state index in [0.717, 1.165) is 22.7 Å². The molecule has 88 valence electrons. The van der Waals surface area contributed by atoms with E-state index in [1.807, 2.05) is 19.9 Å². The van der Waals surface area contributed by atoms with Gasteiger partial charge in [-0.15, -0.1) is 5.10 Å². The molecule has 0 saturated heterocycles. The van der Waals surface area contributed by atoms with Gasteiger partial charge in [0.15, 0.2) is 5.69 Å². The molecule has 3 N–H and O–H groups in total. The fourth-order valence-corrected chi connectivity index (χ4v) is 1.89. The Balaban J connectivity index is 2.25. The summed E-state index contributed by atoms with van der Waals surface area (Å²) in [4.78, 5) is 11.8. The van der Waals surface area contributed by atoms with Crippen molar-refractivity contribution in [1.82, 2.24) is 9.59 Å². The molecule has 0 atom stereocenters. The summed E-state index contributed by atoms with van der Waals surface area (Å²) in [6.07, 6.45) is 0. The molecule has 2 rings (SSSR count). The van der Waals surface area contributed by atoms with E-state index >= 15 is 0 Å². The predicted octanol–water partition coefficient (Wildman–Crippen LogP) is 1.99. The highest BCUT2D eigenvalue weighted by Crippen LogP contribution is 2.22. The molecule has 0 aliphatic rings. The first-order valence-corrected chi connectivity index (χ1v) is 5.86. The highest BCUT2D eigenvalue weighted by molar-refractivity contribution is 7.03. The van der Waals surface area contributed by atoms with E-state index in [9.17, 15) is 4.79 Å². The van der Waals surface area contributed by atoms with Crippen LogP contribution in [0.3, 0.4) is 0 Å². The van der Waals surface area contributed by atoms with Gasteiger partial charge in [0.1, 0.15) is 0 Å². The van der Waals surface area contributed by atoms with Crippen molar-refractivity contribution in [2.24, 2.45) is 0 Å². The van der Waals surface area contributed by atoms with E-state index in [1.54, 1.807) is 11.4 Å². The Kier molecular flexibility index (Phi) is 3.06. The lowest BCUT2D eigenvalue weighted by atomic mass is 10.1. The van der Waals surface area contributed by atoms with Gasteiger partial charge in [-0.3, -0.25) is 4.79 Å². The molecular weight excluding hydrogens is 236 g/mol. The molecule has 0 fully saturated rings. The van der Waals surface area contributed by atoms with Crippen LogP contribution in [0.25, 0.3) is 0 Å². The molecule has 1 amide bonds. The van der Waals surface area contributed by atoms with Gasteiger partial charge in [0.2, 0.25) is 0 Å². The van der Waals surface area contributed by atoms with E-state index in [-0.39, 0.29) is 5.91 Å². The molecule has 2 aromatic rings. The normalized spacial score (nSPS) is 10.2. The first-order chi connectivity index (χ1) is 8.08. The summed E-state index contributed by atoms with van der Waals surface area (Å²) in [6, 6.07) is 3.69. The van der Waals surface area contributed by atoms with Crippen LogP contribution in [0.15, 0.2) is 17.5 Å². The Morgan fingerprint density at radius 3 is 2.76 bits per heavy atom. The van der Waals surface area contributed by atoms with E-state index in [1.165, 1.54) is 0 Å². The minimum atomic E-state index is -0.273. The van der Waals surface area contributed by atoms with Gasteiger partial charge in [0.05, 0.1) is 0 Å². The molecule has 0 aliphatic carbocycles. The van der Waals surface area contributed by atoms with Crippen LogP contribution in [-0.4, -0.2) is 15.5 Å². The van der Waals surface area contributed by atoms with Gasteiger partial charge >= 0.3 is 0 Å².